The van der Waals surface area contributed by atoms with E-state index in [4.69, 9.17) is 5.11 Å². The molecule has 78 valence electrons. The first-order valence-corrected chi connectivity index (χ1v) is 4.93. The fraction of sp³-hybridized carbons (Fsp3) is 0.875. The molecule has 2 rings (SSSR count). The van der Waals surface area contributed by atoms with Gasteiger partial charge in [-0.2, -0.15) is 0 Å². The van der Waals surface area contributed by atoms with E-state index >= 15 is 0 Å². The minimum Gasteiger partial charge on any atom is -0.395 e. The number of rotatable bonds is 4. The first-order chi connectivity index (χ1) is 6.83. The number of aliphatic hydroxyl groups excluding tert-OH is 1. The molecule has 0 spiro atoms. The van der Waals surface area contributed by atoms with Gasteiger partial charge in [-0.25, -0.2) is 4.68 Å². The molecule has 1 saturated carbocycles. The van der Waals surface area contributed by atoms with Gasteiger partial charge in [0.25, 0.3) is 0 Å². The molecule has 6 heteroatoms. The molecule has 14 heavy (non-hydrogen) atoms. The molecule has 1 aromatic heterocycles. The van der Waals surface area contributed by atoms with Crippen LogP contribution < -0.4 is 4.90 Å². The van der Waals surface area contributed by atoms with Gasteiger partial charge in [-0.15, -0.1) is 0 Å². The van der Waals surface area contributed by atoms with Gasteiger partial charge >= 0.3 is 0 Å². The van der Waals surface area contributed by atoms with Crippen LogP contribution in [0.3, 0.4) is 0 Å². The highest BCUT2D eigenvalue weighted by Crippen LogP contribution is 2.27. The van der Waals surface area contributed by atoms with Crippen LogP contribution in [0.2, 0.25) is 0 Å². The van der Waals surface area contributed by atoms with E-state index in [2.05, 4.69) is 20.4 Å². The molecule has 0 aromatic carbocycles. The van der Waals surface area contributed by atoms with Crippen LogP contribution in [0.25, 0.3) is 0 Å². The maximum atomic E-state index is 8.98. The summed E-state index contributed by atoms with van der Waals surface area (Å²) >= 11 is 0. The Morgan fingerprint density at radius 2 is 2.36 bits per heavy atom. The van der Waals surface area contributed by atoms with Gasteiger partial charge in [0.15, 0.2) is 0 Å². The average molecular weight is 197 g/mol. The minimum absolute atomic E-state index is 0.142. The first kappa shape index (κ1) is 9.39. The van der Waals surface area contributed by atoms with Gasteiger partial charge in [-0.3, -0.25) is 0 Å². The Morgan fingerprint density at radius 3 is 2.79 bits per heavy atom. The van der Waals surface area contributed by atoms with E-state index in [-0.39, 0.29) is 6.61 Å². The highest BCUT2D eigenvalue weighted by atomic mass is 16.3. The number of aliphatic hydroxyl groups is 1. The second-order valence-electron chi connectivity index (χ2n) is 3.60. The van der Waals surface area contributed by atoms with Crippen molar-refractivity contribution in [3.8, 4) is 0 Å². The molecular weight excluding hydrogens is 182 g/mol. The fourth-order valence-electron chi connectivity index (χ4n) is 1.72. The number of aromatic nitrogens is 4. The molecule has 1 N–H and O–H groups in total. The third-order valence-electron chi connectivity index (χ3n) is 2.71. The smallest absolute Gasteiger partial charge is 0.245 e. The highest BCUT2D eigenvalue weighted by Gasteiger charge is 2.27. The van der Waals surface area contributed by atoms with Gasteiger partial charge in [0, 0.05) is 19.6 Å². The first-order valence-electron chi connectivity index (χ1n) is 4.93. The van der Waals surface area contributed by atoms with Crippen molar-refractivity contribution in [1.29, 1.82) is 0 Å². The molecule has 0 unspecified atom stereocenters. The van der Waals surface area contributed by atoms with Crippen LogP contribution in [0.15, 0.2) is 0 Å². The fourth-order valence-corrected chi connectivity index (χ4v) is 1.72. The highest BCUT2D eigenvalue weighted by molar-refractivity contribution is 5.30. The summed E-state index contributed by atoms with van der Waals surface area (Å²) in [5.41, 5.74) is 0. The minimum atomic E-state index is 0.142. The molecular formula is C8H15N5O. The number of anilines is 1. The zero-order chi connectivity index (χ0) is 9.97. The van der Waals surface area contributed by atoms with Gasteiger partial charge in [0.2, 0.25) is 5.95 Å². The molecule has 0 atom stereocenters. The van der Waals surface area contributed by atoms with E-state index in [1.807, 2.05) is 7.05 Å². The number of hydrogen-bond acceptors (Lipinski definition) is 5. The molecule has 0 amide bonds. The van der Waals surface area contributed by atoms with Crippen LogP contribution in [-0.2, 0) is 7.05 Å². The van der Waals surface area contributed by atoms with E-state index in [0.29, 0.717) is 12.6 Å². The lowest BCUT2D eigenvalue weighted by molar-refractivity contribution is 0.281. The second-order valence-corrected chi connectivity index (χ2v) is 3.60. The second kappa shape index (κ2) is 3.91. The van der Waals surface area contributed by atoms with Crippen molar-refractivity contribution in [2.24, 2.45) is 7.05 Å². The number of aryl methyl sites for hydroxylation is 1. The van der Waals surface area contributed by atoms with Crippen LogP contribution in [0.5, 0.6) is 0 Å². The van der Waals surface area contributed by atoms with Crippen LogP contribution in [0.1, 0.15) is 19.3 Å². The molecule has 6 nitrogen and oxygen atoms in total. The maximum Gasteiger partial charge on any atom is 0.245 e. The van der Waals surface area contributed by atoms with Gasteiger partial charge < -0.3 is 10.0 Å². The average Bonchev–Trinajstić information content (AvgIpc) is 2.47. The molecule has 0 saturated heterocycles. The predicted molar refractivity (Wildman–Crippen MR) is 50.9 cm³/mol. The van der Waals surface area contributed by atoms with Gasteiger partial charge in [-0.05, 0) is 29.7 Å². The summed E-state index contributed by atoms with van der Waals surface area (Å²) in [5, 5.41) is 20.3. The van der Waals surface area contributed by atoms with E-state index in [9.17, 15) is 0 Å². The molecule has 0 aliphatic heterocycles. The van der Waals surface area contributed by atoms with Crippen LogP contribution in [0.4, 0.5) is 5.95 Å². The van der Waals surface area contributed by atoms with Gasteiger partial charge in [-0.1, -0.05) is 5.10 Å². The summed E-state index contributed by atoms with van der Waals surface area (Å²) in [4.78, 5) is 2.09. The quantitative estimate of drug-likeness (QED) is 0.709. The lowest BCUT2D eigenvalue weighted by Gasteiger charge is -2.37. The van der Waals surface area contributed by atoms with Crippen molar-refractivity contribution in [3.05, 3.63) is 0 Å². The van der Waals surface area contributed by atoms with Crippen molar-refractivity contribution >= 4 is 5.95 Å². The van der Waals surface area contributed by atoms with Crippen molar-refractivity contribution < 1.29 is 5.11 Å². The third-order valence-corrected chi connectivity index (χ3v) is 2.71. The summed E-state index contributed by atoms with van der Waals surface area (Å²) in [6.07, 6.45) is 3.61. The lowest BCUT2D eigenvalue weighted by atomic mass is 9.92. The van der Waals surface area contributed by atoms with E-state index in [1.54, 1.807) is 4.68 Å². The standard InChI is InChI=1S/C8H15N5O/c1-12-8(9-10-11-12)13(5-6-14)7-3-2-4-7/h7,14H,2-6H2,1H3. The Hall–Kier alpha value is -1.17. The van der Waals surface area contributed by atoms with Gasteiger partial charge in [0.05, 0.1) is 6.61 Å². The number of hydrogen-bond donors (Lipinski definition) is 1. The zero-order valence-corrected chi connectivity index (χ0v) is 8.30. The third kappa shape index (κ3) is 1.57. The summed E-state index contributed by atoms with van der Waals surface area (Å²) < 4.78 is 1.65. The maximum absolute atomic E-state index is 8.98. The molecule has 1 fully saturated rings. The summed E-state index contributed by atoms with van der Waals surface area (Å²) in [7, 11) is 1.82. The van der Waals surface area contributed by atoms with Crippen LogP contribution >= 0.6 is 0 Å². The Balaban J connectivity index is 2.13. The zero-order valence-electron chi connectivity index (χ0n) is 8.30. The molecule has 0 bridgehead atoms. The molecule has 1 heterocycles. The van der Waals surface area contributed by atoms with E-state index in [1.165, 1.54) is 19.3 Å². The Kier molecular flexibility index (Phi) is 2.62. The van der Waals surface area contributed by atoms with Crippen molar-refractivity contribution in [2.75, 3.05) is 18.1 Å². The molecule has 1 aromatic rings. The van der Waals surface area contributed by atoms with Crippen molar-refractivity contribution in [1.82, 2.24) is 20.2 Å². The topological polar surface area (TPSA) is 67.1 Å². The normalized spacial score (nSPS) is 16.7. The number of tetrazole rings is 1. The summed E-state index contributed by atoms with van der Waals surface area (Å²) in [6.45, 7) is 0.752. The Labute approximate surface area is 82.5 Å². The number of nitrogens with zero attached hydrogens (tertiary/aromatic N) is 5. The molecule has 0 radical (unpaired) electrons. The lowest BCUT2D eigenvalue weighted by Crippen LogP contribution is -2.43. The van der Waals surface area contributed by atoms with Crippen LogP contribution in [0, 0.1) is 0 Å². The molecule has 1 aliphatic rings. The Bertz CT molecular complexity index is 296. The largest absolute Gasteiger partial charge is 0.395 e. The molecule has 1 aliphatic carbocycles. The van der Waals surface area contributed by atoms with Crippen molar-refractivity contribution in [2.45, 2.75) is 25.3 Å². The predicted octanol–water partition coefficient (Wildman–Crippen LogP) is -0.439. The van der Waals surface area contributed by atoms with Gasteiger partial charge in [0.1, 0.15) is 0 Å². The SMILES string of the molecule is Cn1nnnc1N(CCO)C1CCC1. The Morgan fingerprint density at radius 1 is 1.57 bits per heavy atom. The monoisotopic (exact) mass is 197 g/mol. The summed E-state index contributed by atoms with van der Waals surface area (Å²) in [5.74, 6) is 0.753. The van der Waals surface area contributed by atoms with E-state index < -0.39 is 0 Å². The van der Waals surface area contributed by atoms with Crippen LogP contribution in [-0.4, -0.2) is 44.5 Å². The van der Waals surface area contributed by atoms with E-state index in [0.717, 1.165) is 5.95 Å². The van der Waals surface area contributed by atoms with Crippen molar-refractivity contribution in [3.63, 3.8) is 0 Å². The summed E-state index contributed by atoms with van der Waals surface area (Å²) in [6, 6.07) is 0.506.